The molecular formula is C22H30FN3O3SSi. The zero-order valence-corrected chi connectivity index (χ0v) is 20.7. The molecule has 1 unspecified atom stereocenters. The smallest absolute Gasteiger partial charge is 0.410 e. The summed E-state index contributed by atoms with van der Waals surface area (Å²) in [4.78, 5) is 16.1. The molecule has 0 aromatic heterocycles. The second-order valence-corrected chi connectivity index (χ2v) is 17.5. The van der Waals surface area contributed by atoms with Gasteiger partial charge < -0.3 is 5.11 Å². The van der Waals surface area contributed by atoms with Crippen LogP contribution in [0.15, 0.2) is 27.6 Å². The normalized spacial score (nSPS) is 27.5. The van der Waals surface area contributed by atoms with Crippen molar-refractivity contribution in [3.05, 3.63) is 35.1 Å². The molecule has 1 aromatic carbocycles. The predicted molar refractivity (Wildman–Crippen MR) is 125 cm³/mol. The molecule has 9 heteroatoms. The van der Waals surface area contributed by atoms with E-state index >= 15 is 4.39 Å². The van der Waals surface area contributed by atoms with E-state index in [9.17, 15) is 14.1 Å². The summed E-state index contributed by atoms with van der Waals surface area (Å²) in [6.07, 6.45) is 0.414. The molecule has 0 spiro atoms. The summed E-state index contributed by atoms with van der Waals surface area (Å²) in [7, 11) is -4.58. The molecule has 1 aromatic rings. The fourth-order valence-corrected chi connectivity index (χ4v) is 6.70. The Morgan fingerprint density at radius 1 is 1.32 bits per heavy atom. The maximum atomic E-state index is 15.0. The van der Waals surface area contributed by atoms with E-state index in [2.05, 4.69) is 45.8 Å². The average molecular weight is 464 g/mol. The molecule has 1 heterocycles. The molecule has 2 aliphatic rings. The van der Waals surface area contributed by atoms with E-state index in [-0.39, 0.29) is 23.2 Å². The third kappa shape index (κ3) is 5.01. The van der Waals surface area contributed by atoms with E-state index in [0.29, 0.717) is 5.56 Å². The van der Waals surface area contributed by atoms with Crippen LogP contribution in [-0.4, -0.2) is 45.9 Å². The summed E-state index contributed by atoms with van der Waals surface area (Å²) in [5.41, 5.74) is 2.91. The van der Waals surface area contributed by atoms with Crippen molar-refractivity contribution in [2.24, 2.45) is 9.36 Å². The Kier molecular flexibility index (Phi) is 5.87. The SMILES string of the molecule is CC1(C)C(NC(=O)O)=N[C@](C)(c2cc(C#C[Si](C)(C)C)ccc2F)CS1(=O)=NC1CC1. The second kappa shape index (κ2) is 7.75. The van der Waals surface area contributed by atoms with Gasteiger partial charge in [-0.3, -0.25) is 10.3 Å². The van der Waals surface area contributed by atoms with E-state index in [1.54, 1.807) is 32.9 Å². The highest BCUT2D eigenvalue weighted by Crippen LogP contribution is 2.41. The summed E-state index contributed by atoms with van der Waals surface area (Å²) < 4.78 is 32.6. The van der Waals surface area contributed by atoms with Crippen molar-refractivity contribution in [2.75, 3.05) is 5.75 Å². The lowest BCUT2D eigenvalue weighted by Gasteiger charge is -2.41. The molecule has 2 N–H and O–H groups in total. The molecule has 1 saturated carbocycles. The van der Waals surface area contributed by atoms with Gasteiger partial charge in [-0.15, -0.1) is 5.54 Å². The second-order valence-electron chi connectivity index (χ2n) is 9.99. The first kappa shape index (κ1) is 23.5. The number of amidine groups is 1. The third-order valence-corrected chi connectivity index (χ3v) is 9.68. The number of aliphatic imine (C=N–C) groups is 1. The van der Waals surface area contributed by atoms with Gasteiger partial charge in [0.25, 0.3) is 0 Å². The van der Waals surface area contributed by atoms with Crippen molar-refractivity contribution in [3.63, 3.8) is 0 Å². The fourth-order valence-electron chi connectivity index (χ4n) is 3.41. The first-order chi connectivity index (χ1) is 14.2. The molecule has 2 atom stereocenters. The summed E-state index contributed by atoms with van der Waals surface area (Å²) in [5, 5.41) is 11.7. The minimum Gasteiger partial charge on any atom is -0.465 e. The Morgan fingerprint density at radius 2 is 1.97 bits per heavy atom. The minimum atomic E-state index is -2.95. The Bertz CT molecular complexity index is 1130. The van der Waals surface area contributed by atoms with Gasteiger partial charge in [0.1, 0.15) is 30.0 Å². The van der Waals surface area contributed by atoms with Gasteiger partial charge in [-0.2, -0.15) is 0 Å². The van der Waals surface area contributed by atoms with Crippen LogP contribution in [-0.2, 0) is 15.3 Å². The number of hydrogen-bond acceptors (Lipinski definition) is 4. The van der Waals surface area contributed by atoms with Crippen molar-refractivity contribution in [1.82, 2.24) is 5.32 Å². The molecule has 3 rings (SSSR count). The number of amides is 1. The molecule has 6 nitrogen and oxygen atoms in total. The van der Waals surface area contributed by atoms with Crippen molar-refractivity contribution < 1.29 is 18.5 Å². The minimum absolute atomic E-state index is 0.000930. The van der Waals surface area contributed by atoms with Crippen LogP contribution in [0.5, 0.6) is 0 Å². The van der Waals surface area contributed by atoms with Gasteiger partial charge in [0.15, 0.2) is 0 Å². The Morgan fingerprint density at radius 3 is 2.52 bits per heavy atom. The standard InChI is InChI=1S/C22H30FN3O3SSi/c1-21(2)19(24-20(27)28)25-22(3,14-30(21,29)26-16-8-9-16)17-13-15(7-10-18(17)23)11-12-31(4,5)6/h7,10,13,16H,8-9,14H2,1-6H3,(H,24,25)(H,27,28)/t22-,30?/m0/s1. The lowest BCUT2D eigenvalue weighted by Crippen LogP contribution is -2.57. The van der Waals surface area contributed by atoms with Crippen LogP contribution in [0.25, 0.3) is 0 Å². The average Bonchev–Trinajstić information content (AvgIpc) is 3.41. The van der Waals surface area contributed by atoms with Gasteiger partial charge in [0.2, 0.25) is 0 Å². The van der Waals surface area contributed by atoms with Gasteiger partial charge >= 0.3 is 6.09 Å². The number of nitrogens with zero attached hydrogens (tertiary/aromatic N) is 2. The van der Waals surface area contributed by atoms with Crippen molar-refractivity contribution >= 4 is 29.7 Å². The molecular weight excluding hydrogens is 433 g/mol. The summed E-state index contributed by atoms with van der Waals surface area (Å²) in [6.45, 7) is 11.4. The largest absolute Gasteiger partial charge is 0.465 e. The third-order valence-electron chi connectivity index (χ3n) is 5.42. The quantitative estimate of drug-likeness (QED) is 0.504. The van der Waals surface area contributed by atoms with E-state index in [1.807, 2.05) is 0 Å². The zero-order valence-electron chi connectivity index (χ0n) is 18.9. The molecule has 0 radical (unpaired) electrons. The van der Waals surface area contributed by atoms with Crippen LogP contribution in [0.2, 0.25) is 19.6 Å². The van der Waals surface area contributed by atoms with Crippen LogP contribution in [0.3, 0.4) is 0 Å². The molecule has 1 amide bonds. The number of hydrogen-bond donors (Lipinski definition) is 2. The molecule has 1 fully saturated rings. The van der Waals surface area contributed by atoms with Crippen molar-refractivity contribution in [2.45, 2.75) is 69.6 Å². The first-order valence-electron chi connectivity index (χ1n) is 10.3. The summed E-state index contributed by atoms with van der Waals surface area (Å²) in [5.74, 6) is 2.68. The topological polar surface area (TPSA) is 91.1 Å². The van der Waals surface area contributed by atoms with E-state index in [0.717, 1.165) is 12.8 Å². The highest BCUT2D eigenvalue weighted by atomic mass is 32.2. The molecule has 1 aliphatic carbocycles. The van der Waals surface area contributed by atoms with Gasteiger partial charge in [-0.05, 0) is 51.8 Å². The van der Waals surface area contributed by atoms with Crippen LogP contribution in [0.1, 0.15) is 44.7 Å². The molecule has 1 aliphatic heterocycles. The number of carboxylic acid groups (broad SMARTS) is 1. The zero-order chi connectivity index (χ0) is 23.2. The van der Waals surface area contributed by atoms with Crippen LogP contribution < -0.4 is 5.32 Å². The molecule has 168 valence electrons. The predicted octanol–water partition coefficient (Wildman–Crippen LogP) is 4.36. The summed E-state index contributed by atoms with van der Waals surface area (Å²) >= 11 is 0. The Balaban J connectivity index is 2.20. The number of nitrogens with one attached hydrogen (secondary N) is 1. The summed E-state index contributed by atoms with van der Waals surface area (Å²) in [6, 6.07) is 4.60. The molecule has 0 saturated heterocycles. The van der Waals surface area contributed by atoms with E-state index in [1.165, 1.54) is 6.07 Å². The van der Waals surface area contributed by atoms with Gasteiger partial charge in [-0.25, -0.2) is 17.8 Å². The van der Waals surface area contributed by atoms with E-state index in [4.69, 9.17) is 0 Å². The van der Waals surface area contributed by atoms with Gasteiger partial charge in [0.05, 0.1) is 21.5 Å². The first-order valence-corrected chi connectivity index (χ1v) is 15.5. The van der Waals surface area contributed by atoms with Gasteiger partial charge in [0, 0.05) is 11.1 Å². The number of halogens is 1. The van der Waals surface area contributed by atoms with Crippen molar-refractivity contribution in [1.29, 1.82) is 0 Å². The highest BCUT2D eigenvalue weighted by Gasteiger charge is 2.50. The highest BCUT2D eigenvalue weighted by molar-refractivity contribution is 7.95. The van der Waals surface area contributed by atoms with Crippen LogP contribution in [0.4, 0.5) is 9.18 Å². The lowest BCUT2D eigenvalue weighted by molar-refractivity contribution is 0.199. The van der Waals surface area contributed by atoms with Crippen LogP contribution >= 0.6 is 0 Å². The molecule has 0 bridgehead atoms. The monoisotopic (exact) mass is 463 g/mol. The van der Waals surface area contributed by atoms with E-state index < -0.39 is 40.0 Å². The lowest BCUT2D eigenvalue weighted by atomic mass is 9.92. The number of carbonyl (C=O) groups is 1. The maximum Gasteiger partial charge on any atom is 0.410 e. The van der Waals surface area contributed by atoms with Crippen LogP contribution in [0, 0.1) is 17.3 Å². The fraction of sp³-hybridized carbons (Fsp3) is 0.545. The number of benzene rings is 1. The van der Waals surface area contributed by atoms with Gasteiger partial charge in [-0.1, -0.05) is 25.6 Å². The maximum absolute atomic E-state index is 15.0. The Labute approximate surface area is 184 Å². The Hall–Kier alpha value is -2.18. The number of rotatable bonds is 2. The van der Waals surface area contributed by atoms with Crippen molar-refractivity contribution in [3.8, 4) is 11.5 Å². The molecule has 31 heavy (non-hydrogen) atoms.